The molecule has 5 heteroatoms. The summed E-state index contributed by atoms with van der Waals surface area (Å²) in [5.41, 5.74) is 2.74. The zero-order chi connectivity index (χ0) is 13.1. The Kier molecular flexibility index (Phi) is 3.62. The summed E-state index contributed by atoms with van der Waals surface area (Å²) in [5, 5.41) is 2.33. The van der Waals surface area contributed by atoms with E-state index >= 15 is 0 Å². The molecule has 0 aliphatic heterocycles. The van der Waals surface area contributed by atoms with Crippen LogP contribution in [0.1, 0.15) is 15.4 Å². The van der Waals surface area contributed by atoms with Crippen LogP contribution < -0.4 is 9.47 Å². The summed E-state index contributed by atoms with van der Waals surface area (Å²) < 4.78 is 10.5. The van der Waals surface area contributed by atoms with Crippen LogP contribution in [0.3, 0.4) is 0 Å². The number of hydrogen-bond donors (Lipinski definition) is 0. The average molecular weight is 263 g/mol. The van der Waals surface area contributed by atoms with E-state index < -0.39 is 0 Å². The maximum absolute atomic E-state index is 10.7. The summed E-state index contributed by atoms with van der Waals surface area (Å²) >= 11 is 1.33. The highest BCUT2D eigenvalue weighted by Gasteiger charge is 2.12. The molecule has 0 N–H and O–H groups in total. The first kappa shape index (κ1) is 12.6. The van der Waals surface area contributed by atoms with Crippen LogP contribution in [0.15, 0.2) is 17.5 Å². The topological polar surface area (TPSA) is 48.4 Å². The lowest BCUT2D eigenvalue weighted by atomic mass is 10.1. The Morgan fingerprint density at radius 2 is 1.89 bits per heavy atom. The van der Waals surface area contributed by atoms with Gasteiger partial charge in [0.1, 0.15) is 0 Å². The Bertz CT molecular complexity index is 578. The molecular formula is C13H13NO3S. The minimum absolute atomic E-state index is 0.471. The Morgan fingerprint density at radius 1 is 1.22 bits per heavy atom. The number of aromatic nitrogens is 1. The fraction of sp³-hybridized carbons (Fsp3) is 0.231. The van der Waals surface area contributed by atoms with Crippen LogP contribution in [0, 0.1) is 6.92 Å². The highest BCUT2D eigenvalue weighted by atomic mass is 32.1. The molecule has 0 saturated carbocycles. The van der Waals surface area contributed by atoms with Gasteiger partial charge in [-0.25, -0.2) is 4.98 Å². The first-order chi connectivity index (χ1) is 8.69. The van der Waals surface area contributed by atoms with Crippen LogP contribution in [0.5, 0.6) is 11.5 Å². The third-order valence-electron chi connectivity index (χ3n) is 2.63. The maximum atomic E-state index is 10.7. The van der Waals surface area contributed by atoms with Crippen LogP contribution >= 0.6 is 11.3 Å². The number of benzene rings is 1. The second kappa shape index (κ2) is 5.18. The van der Waals surface area contributed by atoms with Gasteiger partial charge in [0, 0.05) is 10.9 Å². The van der Waals surface area contributed by atoms with Gasteiger partial charge in [-0.05, 0) is 24.6 Å². The van der Waals surface area contributed by atoms with Gasteiger partial charge >= 0.3 is 0 Å². The molecule has 1 heterocycles. The Morgan fingerprint density at radius 3 is 2.44 bits per heavy atom. The second-order valence-electron chi connectivity index (χ2n) is 3.71. The first-order valence-corrected chi connectivity index (χ1v) is 6.21. The van der Waals surface area contributed by atoms with Gasteiger partial charge in [-0.15, -0.1) is 11.3 Å². The lowest BCUT2D eigenvalue weighted by Crippen LogP contribution is -1.93. The standard InChI is InChI=1S/C13H13NO3S/c1-8-4-11(16-2)12(17-3)5-9(8)10-7-18-13(6-15)14-10/h4-7H,1-3H3. The molecule has 0 spiro atoms. The summed E-state index contributed by atoms with van der Waals surface area (Å²) in [7, 11) is 3.19. The smallest absolute Gasteiger partial charge is 0.178 e. The van der Waals surface area contributed by atoms with Crippen LogP contribution in [0.4, 0.5) is 0 Å². The zero-order valence-corrected chi connectivity index (χ0v) is 11.2. The Hall–Kier alpha value is -1.88. The van der Waals surface area contributed by atoms with Crippen molar-refractivity contribution in [2.45, 2.75) is 6.92 Å². The van der Waals surface area contributed by atoms with Gasteiger partial charge in [-0.2, -0.15) is 0 Å². The summed E-state index contributed by atoms with van der Waals surface area (Å²) in [6.07, 6.45) is 0.754. The Labute approximate surface area is 109 Å². The summed E-state index contributed by atoms with van der Waals surface area (Å²) in [6.45, 7) is 1.97. The van der Waals surface area contributed by atoms with Gasteiger partial charge in [0.15, 0.2) is 22.8 Å². The molecule has 0 atom stereocenters. The van der Waals surface area contributed by atoms with Gasteiger partial charge in [-0.1, -0.05) is 0 Å². The van der Waals surface area contributed by atoms with E-state index in [1.54, 1.807) is 14.2 Å². The molecule has 0 bridgehead atoms. The molecule has 0 amide bonds. The molecule has 1 aromatic carbocycles. The number of rotatable bonds is 4. The van der Waals surface area contributed by atoms with Crippen molar-refractivity contribution < 1.29 is 14.3 Å². The quantitative estimate of drug-likeness (QED) is 0.796. The number of nitrogens with zero attached hydrogens (tertiary/aromatic N) is 1. The third-order valence-corrected chi connectivity index (χ3v) is 3.40. The summed E-state index contributed by atoms with van der Waals surface area (Å²) in [6, 6.07) is 3.77. The molecule has 0 radical (unpaired) electrons. The number of ether oxygens (including phenoxy) is 2. The SMILES string of the molecule is COc1cc(C)c(-c2csc(C=O)n2)cc1OC. The van der Waals surface area contributed by atoms with E-state index in [0.29, 0.717) is 16.5 Å². The molecule has 94 valence electrons. The summed E-state index contributed by atoms with van der Waals surface area (Å²) in [5.74, 6) is 1.34. The monoisotopic (exact) mass is 263 g/mol. The molecule has 0 saturated heterocycles. The third kappa shape index (κ3) is 2.22. The molecular weight excluding hydrogens is 250 g/mol. The van der Waals surface area contributed by atoms with E-state index in [4.69, 9.17) is 9.47 Å². The molecule has 0 aliphatic carbocycles. The van der Waals surface area contributed by atoms with Crippen molar-refractivity contribution in [3.05, 3.63) is 28.1 Å². The van der Waals surface area contributed by atoms with E-state index in [1.807, 2.05) is 24.4 Å². The van der Waals surface area contributed by atoms with E-state index in [2.05, 4.69) is 4.98 Å². The largest absolute Gasteiger partial charge is 0.493 e. The molecule has 0 fully saturated rings. The van der Waals surface area contributed by atoms with E-state index in [0.717, 1.165) is 23.1 Å². The highest BCUT2D eigenvalue weighted by Crippen LogP contribution is 2.35. The second-order valence-corrected chi connectivity index (χ2v) is 4.60. The number of thiazole rings is 1. The zero-order valence-electron chi connectivity index (χ0n) is 10.4. The van der Waals surface area contributed by atoms with E-state index in [-0.39, 0.29) is 0 Å². The predicted molar refractivity (Wildman–Crippen MR) is 70.8 cm³/mol. The number of hydrogen-bond acceptors (Lipinski definition) is 5. The van der Waals surface area contributed by atoms with Crippen molar-refractivity contribution in [2.24, 2.45) is 0 Å². The van der Waals surface area contributed by atoms with Gasteiger partial charge in [-0.3, -0.25) is 4.79 Å². The van der Waals surface area contributed by atoms with Crippen molar-refractivity contribution >= 4 is 17.6 Å². The molecule has 2 rings (SSSR count). The molecule has 4 nitrogen and oxygen atoms in total. The minimum atomic E-state index is 0.471. The molecule has 0 aliphatic rings. The van der Waals surface area contributed by atoms with Crippen LogP contribution in [-0.4, -0.2) is 25.5 Å². The van der Waals surface area contributed by atoms with E-state index in [1.165, 1.54) is 11.3 Å². The maximum Gasteiger partial charge on any atom is 0.178 e. The number of aldehydes is 1. The number of aryl methyl sites for hydroxylation is 1. The molecule has 18 heavy (non-hydrogen) atoms. The van der Waals surface area contributed by atoms with Gasteiger partial charge < -0.3 is 9.47 Å². The van der Waals surface area contributed by atoms with Crippen molar-refractivity contribution in [1.82, 2.24) is 4.98 Å². The minimum Gasteiger partial charge on any atom is -0.493 e. The Balaban J connectivity index is 2.53. The summed E-state index contributed by atoms with van der Waals surface area (Å²) in [4.78, 5) is 14.9. The normalized spacial score (nSPS) is 10.2. The van der Waals surface area contributed by atoms with Gasteiger partial charge in [0.25, 0.3) is 0 Å². The first-order valence-electron chi connectivity index (χ1n) is 5.33. The molecule has 2 aromatic rings. The number of carbonyl (C=O) groups is 1. The highest BCUT2D eigenvalue weighted by molar-refractivity contribution is 7.11. The lowest BCUT2D eigenvalue weighted by molar-refractivity contribution is 0.112. The van der Waals surface area contributed by atoms with Crippen molar-refractivity contribution in [2.75, 3.05) is 14.2 Å². The number of methoxy groups -OCH3 is 2. The van der Waals surface area contributed by atoms with E-state index in [9.17, 15) is 4.79 Å². The predicted octanol–water partition coefficient (Wildman–Crippen LogP) is 2.95. The average Bonchev–Trinajstić information content (AvgIpc) is 2.86. The van der Waals surface area contributed by atoms with Crippen molar-refractivity contribution in [1.29, 1.82) is 0 Å². The van der Waals surface area contributed by atoms with Gasteiger partial charge in [0.05, 0.1) is 19.9 Å². The number of carbonyl (C=O) groups excluding carboxylic acids is 1. The van der Waals surface area contributed by atoms with Crippen molar-refractivity contribution in [3.63, 3.8) is 0 Å². The van der Waals surface area contributed by atoms with Crippen molar-refractivity contribution in [3.8, 4) is 22.8 Å². The van der Waals surface area contributed by atoms with Gasteiger partial charge in [0.2, 0.25) is 0 Å². The lowest BCUT2D eigenvalue weighted by Gasteiger charge is -2.11. The molecule has 1 aromatic heterocycles. The fourth-order valence-electron chi connectivity index (χ4n) is 1.72. The molecule has 0 unspecified atom stereocenters. The van der Waals surface area contributed by atoms with Crippen LogP contribution in [0.2, 0.25) is 0 Å². The van der Waals surface area contributed by atoms with Crippen LogP contribution in [-0.2, 0) is 0 Å². The van der Waals surface area contributed by atoms with Crippen LogP contribution in [0.25, 0.3) is 11.3 Å². The fourth-order valence-corrected chi connectivity index (χ4v) is 2.34.